The summed E-state index contributed by atoms with van der Waals surface area (Å²) in [5, 5.41) is 10.7. The molecule has 4 nitrogen and oxygen atoms in total. The molecule has 1 heterocycles. The zero-order chi connectivity index (χ0) is 17.4. The van der Waals surface area contributed by atoms with Crippen LogP contribution < -0.4 is 0 Å². The van der Waals surface area contributed by atoms with Gasteiger partial charge in [-0.25, -0.2) is 0 Å². The Morgan fingerprint density at radius 1 is 1.12 bits per heavy atom. The molecule has 0 aliphatic rings. The number of carboxylic acid groups (broad SMARTS) is 1. The topological polar surface area (TPSA) is 70.2 Å². The van der Waals surface area contributed by atoms with Gasteiger partial charge in [0, 0.05) is 27.1 Å². The molecule has 1 unspecified atom stereocenters. The molecule has 24 heavy (non-hydrogen) atoms. The van der Waals surface area contributed by atoms with Gasteiger partial charge in [-0.05, 0) is 49.7 Å². The summed E-state index contributed by atoms with van der Waals surface area (Å²) in [5.41, 5.74) is 3.07. The minimum absolute atomic E-state index is 0.247. The first-order valence-corrected chi connectivity index (χ1v) is 7.91. The molecule has 2 aromatic carbocycles. The van der Waals surface area contributed by atoms with Crippen LogP contribution in [0.1, 0.15) is 40.0 Å². The van der Waals surface area contributed by atoms with Gasteiger partial charge in [0.2, 0.25) is 5.78 Å². The highest BCUT2D eigenvalue weighted by Crippen LogP contribution is 2.31. The van der Waals surface area contributed by atoms with Gasteiger partial charge >= 0.3 is 5.97 Å². The van der Waals surface area contributed by atoms with Crippen LogP contribution in [0.2, 0.25) is 5.02 Å². The first-order valence-electron chi connectivity index (χ1n) is 7.53. The summed E-state index contributed by atoms with van der Waals surface area (Å²) in [7, 11) is 0. The van der Waals surface area contributed by atoms with Gasteiger partial charge in [-0.15, -0.1) is 0 Å². The number of halogens is 1. The molecule has 3 rings (SSSR count). The number of carbonyl (C=O) groups excluding carboxylic acids is 1. The van der Waals surface area contributed by atoms with Crippen LogP contribution in [0.4, 0.5) is 0 Å². The van der Waals surface area contributed by atoms with Gasteiger partial charge in [0.15, 0.2) is 0 Å². The van der Waals surface area contributed by atoms with Crippen molar-refractivity contribution in [1.29, 1.82) is 0 Å². The van der Waals surface area contributed by atoms with Crippen LogP contribution in [0.3, 0.4) is 0 Å². The van der Waals surface area contributed by atoms with Crippen molar-refractivity contribution in [3.8, 4) is 0 Å². The highest BCUT2D eigenvalue weighted by molar-refractivity contribution is 6.30. The van der Waals surface area contributed by atoms with Gasteiger partial charge in [0.25, 0.3) is 0 Å². The summed E-state index contributed by atoms with van der Waals surface area (Å²) in [5.74, 6) is -2.02. The summed E-state index contributed by atoms with van der Waals surface area (Å²) < 4.78 is 0. The van der Waals surface area contributed by atoms with E-state index in [9.17, 15) is 14.7 Å². The summed E-state index contributed by atoms with van der Waals surface area (Å²) >= 11 is 5.87. The van der Waals surface area contributed by atoms with E-state index in [0.29, 0.717) is 21.8 Å². The van der Waals surface area contributed by atoms with Crippen LogP contribution in [-0.4, -0.2) is 21.8 Å². The number of carbonyl (C=O) groups is 2. The van der Waals surface area contributed by atoms with Crippen molar-refractivity contribution in [3.63, 3.8) is 0 Å². The molecule has 0 spiro atoms. The Balaban J connectivity index is 2.22. The number of ketones is 1. The number of hydrogen-bond acceptors (Lipinski definition) is 2. The molecule has 0 amide bonds. The molecular weight excluding hydrogens is 326 g/mol. The molecule has 0 aliphatic heterocycles. The van der Waals surface area contributed by atoms with E-state index in [-0.39, 0.29) is 5.78 Å². The van der Waals surface area contributed by atoms with Crippen LogP contribution in [0.5, 0.6) is 0 Å². The van der Waals surface area contributed by atoms with Gasteiger partial charge in [0.05, 0.1) is 11.6 Å². The van der Waals surface area contributed by atoms with Gasteiger partial charge < -0.3 is 10.1 Å². The summed E-state index contributed by atoms with van der Waals surface area (Å²) in [6.07, 6.45) is 0. The van der Waals surface area contributed by atoms with E-state index in [1.165, 1.54) is 0 Å². The van der Waals surface area contributed by atoms with Gasteiger partial charge in [-0.3, -0.25) is 9.59 Å². The SMILES string of the molecule is Cc1ccc2c(C(C)C(=O)O)c(C(=O)c3ccc(Cl)cc3)[nH]c2c1. The van der Waals surface area contributed by atoms with E-state index in [1.807, 2.05) is 25.1 Å². The lowest BCUT2D eigenvalue weighted by molar-refractivity contribution is -0.138. The number of hydrogen-bond donors (Lipinski definition) is 2. The number of aliphatic carboxylic acids is 1. The molecule has 0 aliphatic carbocycles. The molecule has 0 fully saturated rings. The third kappa shape index (κ3) is 2.81. The fraction of sp³-hybridized carbons (Fsp3) is 0.158. The monoisotopic (exact) mass is 341 g/mol. The molecular formula is C19H16ClNO3. The van der Waals surface area contributed by atoms with E-state index < -0.39 is 11.9 Å². The molecule has 3 aromatic rings. The fourth-order valence-corrected chi connectivity index (χ4v) is 2.96. The summed E-state index contributed by atoms with van der Waals surface area (Å²) in [6.45, 7) is 3.53. The minimum Gasteiger partial charge on any atom is -0.481 e. The summed E-state index contributed by atoms with van der Waals surface area (Å²) in [6, 6.07) is 12.2. The van der Waals surface area contributed by atoms with E-state index >= 15 is 0 Å². The number of benzene rings is 2. The Morgan fingerprint density at radius 2 is 1.79 bits per heavy atom. The zero-order valence-corrected chi connectivity index (χ0v) is 14.0. The van der Waals surface area contributed by atoms with Crippen molar-refractivity contribution >= 4 is 34.3 Å². The second kappa shape index (κ2) is 6.13. The Kier molecular flexibility index (Phi) is 4.16. The van der Waals surface area contributed by atoms with Crippen LogP contribution in [0.25, 0.3) is 10.9 Å². The Hall–Kier alpha value is -2.59. The molecule has 0 saturated heterocycles. The lowest BCUT2D eigenvalue weighted by atomic mass is 9.94. The van der Waals surface area contributed by atoms with Crippen LogP contribution in [0, 0.1) is 6.92 Å². The number of fused-ring (bicyclic) bond motifs is 1. The van der Waals surface area contributed by atoms with E-state index in [1.54, 1.807) is 31.2 Å². The highest BCUT2D eigenvalue weighted by atomic mass is 35.5. The lowest BCUT2D eigenvalue weighted by Crippen LogP contribution is -2.12. The van der Waals surface area contributed by atoms with Gasteiger partial charge in [-0.1, -0.05) is 23.7 Å². The van der Waals surface area contributed by atoms with Crippen molar-refractivity contribution in [2.24, 2.45) is 0 Å². The molecule has 0 radical (unpaired) electrons. The predicted molar refractivity (Wildman–Crippen MR) is 94.0 cm³/mol. The maximum Gasteiger partial charge on any atom is 0.310 e. The first-order chi connectivity index (χ1) is 11.4. The largest absolute Gasteiger partial charge is 0.481 e. The first kappa shape index (κ1) is 16.3. The molecule has 1 atom stereocenters. The maximum atomic E-state index is 12.9. The van der Waals surface area contributed by atoms with E-state index in [2.05, 4.69) is 4.98 Å². The zero-order valence-electron chi connectivity index (χ0n) is 13.3. The third-order valence-electron chi connectivity index (χ3n) is 4.13. The van der Waals surface area contributed by atoms with Crippen molar-refractivity contribution in [1.82, 2.24) is 4.98 Å². The maximum absolute atomic E-state index is 12.9. The number of aryl methyl sites for hydroxylation is 1. The average molecular weight is 342 g/mol. The molecule has 1 aromatic heterocycles. The fourth-order valence-electron chi connectivity index (χ4n) is 2.83. The number of aromatic amines is 1. The van der Waals surface area contributed by atoms with Crippen LogP contribution >= 0.6 is 11.6 Å². The standard InChI is InChI=1S/C19H16ClNO3/c1-10-3-8-14-15(9-10)21-17(16(14)11(2)19(23)24)18(22)12-4-6-13(20)7-5-12/h3-9,11,21H,1-2H3,(H,23,24). The second-order valence-electron chi connectivity index (χ2n) is 5.86. The van der Waals surface area contributed by atoms with Gasteiger partial charge in [-0.2, -0.15) is 0 Å². The van der Waals surface area contributed by atoms with Crippen molar-refractivity contribution in [2.75, 3.05) is 0 Å². The second-order valence-corrected chi connectivity index (χ2v) is 6.30. The Labute approximate surface area is 144 Å². The molecule has 0 bridgehead atoms. The average Bonchev–Trinajstić information content (AvgIpc) is 2.92. The molecule has 0 saturated carbocycles. The highest BCUT2D eigenvalue weighted by Gasteiger charge is 2.26. The number of rotatable bonds is 4. The number of H-pyrrole nitrogens is 1. The molecule has 122 valence electrons. The lowest BCUT2D eigenvalue weighted by Gasteiger charge is -2.09. The van der Waals surface area contributed by atoms with Crippen molar-refractivity contribution < 1.29 is 14.7 Å². The Morgan fingerprint density at radius 3 is 2.42 bits per heavy atom. The van der Waals surface area contributed by atoms with Crippen molar-refractivity contribution in [3.05, 3.63) is 69.9 Å². The summed E-state index contributed by atoms with van der Waals surface area (Å²) in [4.78, 5) is 27.5. The third-order valence-corrected chi connectivity index (χ3v) is 4.38. The van der Waals surface area contributed by atoms with Crippen LogP contribution in [0.15, 0.2) is 42.5 Å². The van der Waals surface area contributed by atoms with Gasteiger partial charge in [0.1, 0.15) is 0 Å². The van der Waals surface area contributed by atoms with E-state index in [0.717, 1.165) is 16.5 Å². The smallest absolute Gasteiger partial charge is 0.310 e. The number of nitrogens with one attached hydrogen (secondary N) is 1. The predicted octanol–water partition coefficient (Wildman–Crippen LogP) is 4.55. The van der Waals surface area contributed by atoms with E-state index in [4.69, 9.17) is 11.6 Å². The Bertz CT molecular complexity index is 941. The minimum atomic E-state index is -0.971. The quantitative estimate of drug-likeness (QED) is 0.684. The van der Waals surface area contributed by atoms with Crippen LogP contribution in [-0.2, 0) is 4.79 Å². The normalized spacial score (nSPS) is 12.3. The number of aromatic nitrogens is 1. The molecule has 2 N–H and O–H groups in total. The molecule has 5 heteroatoms. The number of carboxylic acids is 1. The van der Waals surface area contributed by atoms with Crippen molar-refractivity contribution in [2.45, 2.75) is 19.8 Å².